The molecule has 1 aromatic rings. The first-order valence-corrected chi connectivity index (χ1v) is 5.38. The Morgan fingerprint density at radius 1 is 1.47 bits per heavy atom. The summed E-state index contributed by atoms with van der Waals surface area (Å²) in [4.78, 5) is 24.0. The van der Waals surface area contributed by atoms with Crippen LogP contribution in [0.1, 0.15) is 17.3 Å². The summed E-state index contributed by atoms with van der Waals surface area (Å²) in [5.41, 5.74) is 0.197. The average molecular weight is 257 g/mol. The van der Waals surface area contributed by atoms with Crippen LogP contribution in [0.4, 0.5) is 10.5 Å². The molecule has 1 aromatic carbocycles. The van der Waals surface area contributed by atoms with E-state index in [4.69, 9.17) is 16.7 Å². The largest absolute Gasteiger partial charge is 0.478 e. The molecule has 0 aliphatic carbocycles. The first kappa shape index (κ1) is 13.3. The van der Waals surface area contributed by atoms with E-state index in [0.717, 1.165) is 0 Å². The van der Waals surface area contributed by atoms with Crippen molar-refractivity contribution in [3.8, 4) is 0 Å². The molecule has 0 heterocycles. The van der Waals surface area contributed by atoms with Gasteiger partial charge < -0.3 is 15.3 Å². The number of hydrogen-bond donors (Lipinski definition) is 2. The van der Waals surface area contributed by atoms with Gasteiger partial charge in [0.1, 0.15) is 0 Å². The molecule has 6 heteroatoms. The number of benzene rings is 1. The highest BCUT2D eigenvalue weighted by atomic mass is 35.5. The van der Waals surface area contributed by atoms with Gasteiger partial charge in [-0.05, 0) is 25.1 Å². The smallest absolute Gasteiger partial charge is 0.337 e. The fraction of sp³-hybridized carbons (Fsp3) is 0.273. The molecule has 0 aromatic heterocycles. The summed E-state index contributed by atoms with van der Waals surface area (Å²) in [6.45, 7) is 2.34. The first-order valence-electron chi connectivity index (χ1n) is 5.00. The van der Waals surface area contributed by atoms with E-state index in [1.54, 1.807) is 7.05 Å². The number of carboxylic acid groups (broad SMARTS) is 1. The number of carbonyl (C=O) groups is 2. The van der Waals surface area contributed by atoms with Crippen molar-refractivity contribution >= 4 is 29.3 Å². The van der Waals surface area contributed by atoms with E-state index in [2.05, 4.69) is 5.32 Å². The number of carbonyl (C=O) groups excluding carboxylic acids is 1. The maximum absolute atomic E-state index is 11.6. The second-order valence-electron chi connectivity index (χ2n) is 3.44. The maximum atomic E-state index is 11.6. The lowest BCUT2D eigenvalue weighted by Gasteiger charge is -2.16. The Morgan fingerprint density at radius 2 is 2.12 bits per heavy atom. The van der Waals surface area contributed by atoms with Gasteiger partial charge >= 0.3 is 12.0 Å². The molecule has 0 radical (unpaired) electrons. The lowest BCUT2D eigenvalue weighted by Crippen LogP contribution is -2.31. The van der Waals surface area contributed by atoms with Gasteiger partial charge in [0.2, 0.25) is 0 Å². The summed E-state index contributed by atoms with van der Waals surface area (Å²) in [6.07, 6.45) is 0. The Labute approximate surface area is 104 Å². The second-order valence-corrected chi connectivity index (χ2v) is 3.88. The van der Waals surface area contributed by atoms with E-state index >= 15 is 0 Å². The fourth-order valence-electron chi connectivity index (χ4n) is 1.16. The van der Waals surface area contributed by atoms with Gasteiger partial charge in [0.25, 0.3) is 0 Å². The number of urea groups is 1. The lowest BCUT2D eigenvalue weighted by molar-refractivity contribution is 0.0698. The van der Waals surface area contributed by atoms with E-state index in [1.807, 2.05) is 6.92 Å². The normalized spacial score (nSPS) is 9.82. The molecule has 17 heavy (non-hydrogen) atoms. The van der Waals surface area contributed by atoms with Crippen molar-refractivity contribution in [3.05, 3.63) is 28.8 Å². The van der Waals surface area contributed by atoms with Crippen molar-refractivity contribution in [2.24, 2.45) is 0 Å². The average Bonchev–Trinajstić information content (AvgIpc) is 2.27. The summed E-state index contributed by atoms with van der Waals surface area (Å²) in [7, 11) is 1.61. The molecule has 2 amide bonds. The number of hydrogen-bond acceptors (Lipinski definition) is 2. The fourth-order valence-corrected chi connectivity index (χ4v) is 1.33. The minimum atomic E-state index is -1.11. The Morgan fingerprint density at radius 3 is 2.65 bits per heavy atom. The number of rotatable bonds is 3. The summed E-state index contributed by atoms with van der Waals surface area (Å²) in [5, 5.41) is 11.8. The molecule has 92 valence electrons. The highest BCUT2D eigenvalue weighted by Crippen LogP contribution is 2.21. The van der Waals surface area contributed by atoms with E-state index in [1.165, 1.54) is 23.1 Å². The third-order valence-electron chi connectivity index (χ3n) is 2.27. The predicted octanol–water partition coefficient (Wildman–Crippen LogP) is 2.52. The molecule has 0 saturated carbocycles. The van der Waals surface area contributed by atoms with Crippen LogP contribution in [0.2, 0.25) is 5.02 Å². The monoisotopic (exact) mass is 256 g/mol. The van der Waals surface area contributed by atoms with Gasteiger partial charge in [-0.25, -0.2) is 9.59 Å². The predicted molar refractivity (Wildman–Crippen MR) is 65.7 cm³/mol. The number of nitrogens with one attached hydrogen (secondary N) is 1. The van der Waals surface area contributed by atoms with E-state index in [9.17, 15) is 9.59 Å². The van der Waals surface area contributed by atoms with Crippen molar-refractivity contribution in [1.29, 1.82) is 0 Å². The van der Waals surface area contributed by atoms with Crippen molar-refractivity contribution in [3.63, 3.8) is 0 Å². The third kappa shape index (κ3) is 3.35. The lowest BCUT2D eigenvalue weighted by atomic mass is 10.2. The van der Waals surface area contributed by atoms with Crippen LogP contribution in [-0.4, -0.2) is 35.6 Å². The van der Waals surface area contributed by atoms with E-state index < -0.39 is 5.97 Å². The number of amides is 2. The molecule has 0 aliphatic heterocycles. The van der Waals surface area contributed by atoms with E-state index in [-0.39, 0.29) is 17.3 Å². The van der Waals surface area contributed by atoms with Gasteiger partial charge in [0.15, 0.2) is 0 Å². The summed E-state index contributed by atoms with van der Waals surface area (Å²) in [5.74, 6) is -1.11. The number of carboxylic acids is 1. The Kier molecular flexibility index (Phi) is 4.34. The van der Waals surface area contributed by atoms with Crippen molar-refractivity contribution in [2.45, 2.75) is 6.92 Å². The van der Waals surface area contributed by atoms with Crippen molar-refractivity contribution < 1.29 is 14.7 Å². The third-order valence-corrected chi connectivity index (χ3v) is 2.51. The minimum Gasteiger partial charge on any atom is -0.478 e. The zero-order valence-electron chi connectivity index (χ0n) is 9.53. The molecule has 0 spiro atoms. The van der Waals surface area contributed by atoms with Crippen LogP contribution in [0.25, 0.3) is 0 Å². The van der Waals surface area contributed by atoms with Gasteiger partial charge in [-0.1, -0.05) is 11.6 Å². The highest BCUT2D eigenvalue weighted by molar-refractivity contribution is 6.31. The SMILES string of the molecule is CCN(C)C(=O)Nc1cc(Cl)ccc1C(=O)O. The molecule has 1 rings (SSSR count). The molecule has 0 saturated heterocycles. The molecule has 0 unspecified atom stereocenters. The van der Waals surface area contributed by atoms with Gasteiger partial charge in [-0.3, -0.25) is 0 Å². The molecule has 0 bridgehead atoms. The van der Waals surface area contributed by atoms with Crippen LogP contribution in [0, 0.1) is 0 Å². The van der Waals surface area contributed by atoms with Gasteiger partial charge in [0.05, 0.1) is 11.3 Å². The minimum absolute atomic E-state index is 0.00672. The molecule has 0 fully saturated rings. The molecule has 5 nitrogen and oxygen atoms in total. The molecular weight excluding hydrogens is 244 g/mol. The molecule has 0 aliphatic rings. The van der Waals surface area contributed by atoms with Crippen LogP contribution >= 0.6 is 11.6 Å². The van der Waals surface area contributed by atoms with Crippen LogP contribution in [-0.2, 0) is 0 Å². The zero-order valence-corrected chi connectivity index (χ0v) is 10.3. The number of nitrogens with zero attached hydrogens (tertiary/aromatic N) is 1. The zero-order chi connectivity index (χ0) is 13.0. The van der Waals surface area contributed by atoms with Gasteiger partial charge in [0, 0.05) is 18.6 Å². The van der Waals surface area contributed by atoms with Crippen LogP contribution in [0.3, 0.4) is 0 Å². The topological polar surface area (TPSA) is 69.6 Å². The second kappa shape index (κ2) is 5.54. The van der Waals surface area contributed by atoms with Gasteiger partial charge in [-0.2, -0.15) is 0 Å². The number of anilines is 1. The van der Waals surface area contributed by atoms with Crippen molar-refractivity contribution in [2.75, 3.05) is 18.9 Å². The summed E-state index contributed by atoms with van der Waals surface area (Å²) >= 11 is 5.76. The maximum Gasteiger partial charge on any atom is 0.337 e. The summed E-state index contributed by atoms with van der Waals surface area (Å²) < 4.78 is 0. The quantitative estimate of drug-likeness (QED) is 0.873. The van der Waals surface area contributed by atoms with Crippen LogP contribution in [0.5, 0.6) is 0 Å². The standard InChI is InChI=1S/C11H13ClN2O3/c1-3-14(2)11(17)13-9-6-7(12)4-5-8(9)10(15)16/h4-6H,3H2,1-2H3,(H,13,17)(H,15,16). The Bertz CT molecular complexity index is 448. The Hall–Kier alpha value is -1.75. The molecule has 2 N–H and O–H groups in total. The van der Waals surface area contributed by atoms with Crippen LogP contribution < -0.4 is 5.32 Å². The highest BCUT2D eigenvalue weighted by Gasteiger charge is 2.14. The summed E-state index contributed by atoms with van der Waals surface area (Å²) in [6, 6.07) is 3.85. The number of halogens is 1. The first-order chi connectivity index (χ1) is 7.95. The van der Waals surface area contributed by atoms with Gasteiger partial charge in [-0.15, -0.1) is 0 Å². The van der Waals surface area contributed by atoms with Crippen molar-refractivity contribution in [1.82, 2.24) is 4.90 Å². The van der Waals surface area contributed by atoms with E-state index in [0.29, 0.717) is 11.6 Å². The number of aromatic carboxylic acids is 1. The molecular formula is C11H13ClN2O3. The Balaban J connectivity index is 3.00. The molecule has 0 atom stereocenters. The van der Waals surface area contributed by atoms with Crippen LogP contribution in [0.15, 0.2) is 18.2 Å².